The summed E-state index contributed by atoms with van der Waals surface area (Å²) in [6.45, 7) is 4.10. The number of thiophene rings is 1. The maximum atomic E-state index is 11.4. The average Bonchev–Trinajstić information content (AvgIpc) is 3.11. The molecule has 1 atom stereocenters. The van der Waals surface area contributed by atoms with Crippen molar-refractivity contribution in [1.29, 1.82) is 0 Å². The number of anilines is 3. The molecule has 0 radical (unpaired) electrons. The number of hydrogen-bond donors (Lipinski definition) is 1. The van der Waals surface area contributed by atoms with E-state index in [0.29, 0.717) is 11.7 Å². The van der Waals surface area contributed by atoms with E-state index in [-0.39, 0.29) is 0 Å². The molecule has 30 heavy (non-hydrogen) atoms. The van der Waals surface area contributed by atoms with E-state index in [9.17, 15) is 8.42 Å². The highest BCUT2D eigenvalue weighted by Gasteiger charge is 2.26. The maximum absolute atomic E-state index is 11.4. The van der Waals surface area contributed by atoms with Crippen molar-refractivity contribution in [2.45, 2.75) is 25.8 Å². The zero-order chi connectivity index (χ0) is 21.1. The summed E-state index contributed by atoms with van der Waals surface area (Å²) >= 11 is 1.81. The van der Waals surface area contributed by atoms with Gasteiger partial charge in [-0.25, -0.2) is 8.42 Å². The van der Waals surface area contributed by atoms with Crippen LogP contribution in [0, 0.1) is 0 Å². The van der Waals surface area contributed by atoms with Gasteiger partial charge in [-0.1, -0.05) is 30.3 Å². The molecule has 0 saturated carbocycles. The molecule has 3 aromatic rings. The minimum atomic E-state index is -3.25. The van der Waals surface area contributed by atoms with E-state index in [0.717, 1.165) is 26.1 Å². The molecule has 0 saturated heterocycles. The van der Waals surface area contributed by atoms with Crippen molar-refractivity contribution in [1.82, 2.24) is 4.90 Å². The molecule has 2 heterocycles. The first-order valence-electron chi connectivity index (χ1n) is 10.1. The summed E-state index contributed by atoms with van der Waals surface area (Å²) in [5.74, 6) is 0. The van der Waals surface area contributed by atoms with Crippen LogP contribution >= 0.6 is 11.3 Å². The molecule has 1 unspecified atom stereocenters. The predicted octanol–water partition coefficient (Wildman–Crippen LogP) is 4.70. The summed E-state index contributed by atoms with van der Waals surface area (Å²) in [7, 11) is -3.25. The van der Waals surface area contributed by atoms with Crippen LogP contribution < -0.4 is 9.62 Å². The van der Waals surface area contributed by atoms with Crippen LogP contribution in [-0.2, 0) is 22.9 Å². The van der Waals surface area contributed by atoms with E-state index in [2.05, 4.69) is 63.2 Å². The third kappa shape index (κ3) is 5.03. The van der Waals surface area contributed by atoms with Gasteiger partial charge in [-0.3, -0.25) is 9.62 Å². The standard InChI is InChI=1S/C23H27N3O2S2/c1-18-16-20-13-15-29-23(20)26(22-6-4-3-5-7-22)17-25(18)14-12-19-8-10-21(11-9-19)24-30(2,27)28/h3-11,13,15,18,24H,12,14,16-17H2,1-2H3. The van der Waals surface area contributed by atoms with E-state index in [4.69, 9.17) is 0 Å². The largest absolute Gasteiger partial charge is 0.319 e. The normalized spacial score (nSPS) is 17.4. The third-order valence-electron chi connectivity index (χ3n) is 5.44. The molecule has 0 bridgehead atoms. The molecule has 0 aliphatic carbocycles. The monoisotopic (exact) mass is 441 g/mol. The van der Waals surface area contributed by atoms with Crippen LogP contribution in [-0.4, -0.2) is 38.8 Å². The Kier molecular flexibility index (Phi) is 6.13. The van der Waals surface area contributed by atoms with Gasteiger partial charge in [0.05, 0.1) is 17.9 Å². The van der Waals surface area contributed by atoms with Crippen molar-refractivity contribution in [2.24, 2.45) is 0 Å². The van der Waals surface area contributed by atoms with Crippen molar-refractivity contribution in [3.05, 3.63) is 77.2 Å². The Morgan fingerprint density at radius 3 is 2.50 bits per heavy atom. The Morgan fingerprint density at radius 2 is 1.80 bits per heavy atom. The van der Waals surface area contributed by atoms with Gasteiger partial charge in [0.25, 0.3) is 0 Å². The van der Waals surface area contributed by atoms with Crippen LogP contribution in [0.1, 0.15) is 18.1 Å². The van der Waals surface area contributed by atoms with Crippen LogP contribution in [0.5, 0.6) is 0 Å². The number of para-hydroxylation sites is 1. The molecule has 1 aliphatic rings. The lowest BCUT2D eigenvalue weighted by molar-refractivity contribution is 0.220. The Labute approximate surface area is 183 Å². The molecule has 0 fully saturated rings. The van der Waals surface area contributed by atoms with Crippen LogP contribution in [0.4, 0.5) is 16.4 Å². The van der Waals surface area contributed by atoms with Gasteiger partial charge in [0.15, 0.2) is 0 Å². The van der Waals surface area contributed by atoms with Crippen molar-refractivity contribution < 1.29 is 8.42 Å². The second-order valence-electron chi connectivity index (χ2n) is 7.84. The van der Waals surface area contributed by atoms with Crippen LogP contribution in [0.15, 0.2) is 66.0 Å². The fourth-order valence-corrected chi connectivity index (χ4v) is 5.40. The summed E-state index contributed by atoms with van der Waals surface area (Å²) in [5, 5.41) is 3.53. The van der Waals surface area contributed by atoms with E-state index in [1.54, 1.807) is 0 Å². The molecule has 0 amide bonds. The third-order valence-corrected chi connectivity index (χ3v) is 7.03. The predicted molar refractivity (Wildman–Crippen MR) is 126 cm³/mol. The second kappa shape index (κ2) is 8.79. The number of fused-ring (bicyclic) bond motifs is 1. The Balaban J connectivity index is 1.48. The van der Waals surface area contributed by atoms with Gasteiger partial charge in [0.2, 0.25) is 10.0 Å². The average molecular weight is 442 g/mol. The van der Waals surface area contributed by atoms with E-state index < -0.39 is 10.0 Å². The van der Waals surface area contributed by atoms with E-state index in [1.807, 2.05) is 35.6 Å². The minimum Gasteiger partial charge on any atom is -0.319 e. The lowest BCUT2D eigenvalue weighted by atomic mass is 10.1. The van der Waals surface area contributed by atoms with Crippen LogP contribution in [0.3, 0.4) is 0 Å². The molecule has 7 heteroatoms. The van der Waals surface area contributed by atoms with Crippen molar-refractivity contribution >= 4 is 37.7 Å². The molecule has 0 spiro atoms. The quantitative estimate of drug-likeness (QED) is 0.602. The Bertz CT molecular complexity index is 1080. The van der Waals surface area contributed by atoms with Gasteiger partial charge in [-0.15, -0.1) is 11.3 Å². The lowest BCUT2D eigenvalue weighted by Gasteiger charge is -2.32. The summed E-state index contributed by atoms with van der Waals surface area (Å²) in [4.78, 5) is 4.95. The van der Waals surface area contributed by atoms with E-state index in [1.165, 1.54) is 28.1 Å². The van der Waals surface area contributed by atoms with Gasteiger partial charge in [0.1, 0.15) is 0 Å². The van der Waals surface area contributed by atoms with Gasteiger partial charge < -0.3 is 4.90 Å². The number of nitrogens with one attached hydrogen (secondary N) is 1. The number of hydrogen-bond acceptors (Lipinski definition) is 5. The molecule has 1 aliphatic heterocycles. The highest BCUT2D eigenvalue weighted by Crippen LogP contribution is 2.37. The minimum absolute atomic E-state index is 0.443. The first-order chi connectivity index (χ1) is 14.4. The smallest absolute Gasteiger partial charge is 0.229 e. The fraction of sp³-hybridized carbons (Fsp3) is 0.304. The summed E-state index contributed by atoms with van der Waals surface area (Å²) in [6, 6.07) is 20.9. The number of sulfonamides is 1. The summed E-state index contributed by atoms with van der Waals surface area (Å²) < 4.78 is 25.3. The Morgan fingerprint density at radius 1 is 1.07 bits per heavy atom. The molecule has 5 nitrogen and oxygen atoms in total. The van der Waals surface area contributed by atoms with E-state index >= 15 is 0 Å². The molecule has 158 valence electrons. The lowest BCUT2D eigenvalue weighted by Crippen LogP contribution is -2.41. The summed E-state index contributed by atoms with van der Waals surface area (Å²) in [5.41, 5.74) is 4.43. The first-order valence-corrected chi connectivity index (χ1v) is 12.9. The zero-order valence-corrected chi connectivity index (χ0v) is 18.9. The second-order valence-corrected chi connectivity index (χ2v) is 10.5. The van der Waals surface area contributed by atoms with Gasteiger partial charge in [0, 0.05) is 24.0 Å². The molecule has 4 rings (SSSR count). The van der Waals surface area contributed by atoms with Crippen LogP contribution in [0.25, 0.3) is 0 Å². The van der Waals surface area contributed by atoms with Gasteiger partial charge >= 0.3 is 0 Å². The molecule has 2 aromatic carbocycles. The van der Waals surface area contributed by atoms with Crippen LogP contribution in [0.2, 0.25) is 0 Å². The van der Waals surface area contributed by atoms with Gasteiger partial charge in [-0.2, -0.15) is 0 Å². The molecular formula is C23H27N3O2S2. The zero-order valence-electron chi connectivity index (χ0n) is 17.3. The number of nitrogens with zero attached hydrogens (tertiary/aromatic N) is 2. The maximum Gasteiger partial charge on any atom is 0.229 e. The number of rotatable bonds is 6. The number of benzene rings is 2. The molecule has 1 aromatic heterocycles. The summed E-state index contributed by atoms with van der Waals surface area (Å²) in [6.07, 6.45) is 3.12. The molecular weight excluding hydrogens is 414 g/mol. The SMILES string of the molecule is CC1Cc2ccsc2N(c2ccccc2)CN1CCc1ccc(NS(C)(=O)=O)cc1. The van der Waals surface area contributed by atoms with Crippen molar-refractivity contribution in [3.8, 4) is 0 Å². The highest BCUT2D eigenvalue weighted by atomic mass is 32.2. The van der Waals surface area contributed by atoms with Crippen molar-refractivity contribution in [2.75, 3.05) is 29.1 Å². The Hall–Kier alpha value is -2.35. The fourth-order valence-electron chi connectivity index (χ4n) is 3.88. The first kappa shape index (κ1) is 20.9. The molecule has 1 N–H and O–H groups in total. The topological polar surface area (TPSA) is 52.6 Å². The van der Waals surface area contributed by atoms with Gasteiger partial charge in [-0.05, 0) is 66.6 Å². The van der Waals surface area contributed by atoms with Crippen molar-refractivity contribution in [3.63, 3.8) is 0 Å². The highest BCUT2D eigenvalue weighted by molar-refractivity contribution is 7.92.